The van der Waals surface area contributed by atoms with Crippen molar-refractivity contribution in [1.82, 2.24) is 5.32 Å². The van der Waals surface area contributed by atoms with Gasteiger partial charge in [-0.05, 0) is 30.7 Å². The van der Waals surface area contributed by atoms with E-state index in [1.54, 1.807) is 6.07 Å². The van der Waals surface area contributed by atoms with E-state index < -0.39 is 27.9 Å². The van der Waals surface area contributed by atoms with E-state index in [-0.39, 0.29) is 17.3 Å². The minimum atomic E-state index is -3.31. The van der Waals surface area contributed by atoms with E-state index in [4.69, 9.17) is 4.74 Å². The summed E-state index contributed by atoms with van der Waals surface area (Å²) in [6.07, 6.45) is -1.02. The zero-order chi connectivity index (χ0) is 15.5. The molecule has 1 aromatic carbocycles. The highest BCUT2D eigenvalue weighted by molar-refractivity contribution is 7.91. The highest BCUT2D eigenvalue weighted by Crippen LogP contribution is 2.24. The summed E-state index contributed by atoms with van der Waals surface area (Å²) in [6, 6.07) is 4.54. The molecule has 0 spiro atoms. The average Bonchev–Trinajstić information content (AvgIpc) is 2.66. The molecule has 2 atom stereocenters. The van der Waals surface area contributed by atoms with Crippen LogP contribution in [0.5, 0.6) is 5.75 Å². The number of aliphatic hydroxyl groups is 1. The number of sulfone groups is 1. The summed E-state index contributed by atoms with van der Waals surface area (Å²) in [6.45, 7) is 3.46. The minimum Gasteiger partial charge on any atom is -0.484 e. The van der Waals surface area contributed by atoms with Crippen LogP contribution in [0.4, 0.5) is 4.39 Å². The Balaban J connectivity index is 2.01. The van der Waals surface area contributed by atoms with Crippen LogP contribution >= 0.6 is 0 Å². The molecular weight excluding hydrogens is 297 g/mol. The van der Waals surface area contributed by atoms with Crippen molar-refractivity contribution in [2.45, 2.75) is 32.1 Å². The van der Waals surface area contributed by atoms with Crippen molar-refractivity contribution in [2.24, 2.45) is 0 Å². The highest BCUT2D eigenvalue weighted by atomic mass is 32.2. The molecule has 1 aromatic rings. The number of ether oxygens (including phenoxy) is 1. The van der Waals surface area contributed by atoms with Crippen molar-refractivity contribution in [2.75, 3.05) is 18.1 Å². The van der Waals surface area contributed by atoms with E-state index >= 15 is 0 Å². The Morgan fingerprint density at radius 1 is 1.43 bits per heavy atom. The minimum absolute atomic E-state index is 0.0320. The molecule has 1 saturated heterocycles. The van der Waals surface area contributed by atoms with E-state index in [2.05, 4.69) is 5.32 Å². The van der Waals surface area contributed by atoms with Crippen LogP contribution in [0.1, 0.15) is 18.9 Å². The lowest BCUT2D eigenvalue weighted by Crippen LogP contribution is -2.30. The van der Waals surface area contributed by atoms with Crippen LogP contribution in [-0.2, 0) is 16.4 Å². The first-order valence-corrected chi connectivity index (χ1v) is 8.77. The average molecular weight is 317 g/mol. The molecular formula is C14H20FNO4S. The predicted molar refractivity (Wildman–Crippen MR) is 77.5 cm³/mol. The maximum absolute atomic E-state index is 13.9. The van der Waals surface area contributed by atoms with E-state index in [1.807, 2.05) is 6.92 Å². The fraction of sp³-hybridized carbons (Fsp3) is 0.571. The van der Waals surface area contributed by atoms with Crippen molar-refractivity contribution >= 4 is 9.84 Å². The SMILES string of the molecule is CCCNCc1ccc(OC2CS(=O)(=O)CC2O)c(F)c1. The summed E-state index contributed by atoms with van der Waals surface area (Å²) in [5.41, 5.74) is 0.785. The summed E-state index contributed by atoms with van der Waals surface area (Å²) in [5.74, 6) is -1.20. The third-order valence-electron chi connectivity index (χ3n) is 3.30. The second-order valence-corrected chi connectivity index (χ2v) is 7.40. The first-order valence-electron chi connectivity index (χ1n) is 6.95. The van der Waals surface area contributed by atoms with Gasteiger partial charge in [0.15, 0.2) is 21.4 Å². The summed E-state index contributed by atoms with van der Waals surface area (Å²) >= 11 is 0. The van der Waals surface area contributed by atoms with Crippen molar-refractivity contribution in [1.29, 1.82) is 0 Å². The molecule has 0 amide bonds. The molecule has 0 aromatic heterocycles. The molecule has 2 rings (SSSR count). The molecule has 2 unspecified atom stereocenters. The quantitative estimate of drug-likeness (QED) is 0.761. The molecule has 7 heteroatoms. The summed E-state index contributed by atoms with van der Waals surface area (Å²) < 4.78 is 42.0. The van der Waals surface area contributed by atoms with Crippen molar-refractivity contribution in [3.05, 3.63) is 29.6 Å². The van der Waals surface area contributed by atoms with Crippen molar-refractivity contribution in [3.8, 4) is 5.75 Å². The van der Waals surface area contributed by atoms with E-state index in [0.29, 0.717) is 6.54 Å². The molecule has 0 saturated carbocycles. The number of benzene rings is 1. The fourth-order valence-corrected chi connectivity index (χ4v) is 3.89. The van der Waals surface area contributed by atoms with Crippen molar-refractivity contribution < 1.29 is 22.7 Å². The smallest absolute Gasteiger partial charge is 0.165 e. The lowest BCUT2D eigenvalue weighted by Gasteiger charge is -2.16. The molecule has 0 radical (unpaired) electrons. The summed E-state index contributed by atoms with van der Waals surface area (Å²) in [5, 5.41) is 12.8. The van der Waals surface area contributed by atoms with Crippen molar-refractivity contribution in [3.63, 3.8) is 0 Å². The highest BCUT2D eigenvalue weighted by Gasteiger charge is 2.38. The molecule has 0 bridgehead atoms. The fourth-order valence-electron chi connectivity index (χ4n) is 2.23. The topological polar surface area (TPSA) is 75.6 Å². The Labute approximate surface area is 124 Å². The van der Waals surface area contributed by atoms with Crippen LogP contribution < -0.4 is 10.1 Å². The van der Waals surface area contributed by atoms with Crippen LogP contribution in [0.2, 0.25) is 0 Å². The number of halogens is 1. The van der Waals surface area contributed by atoms with Crippen LogP contribution in [0, 0.1) is 5.82 Å². The Morgan fingerprint density at radius 2 is 2.19 bits per heavy atom. The third-order valence-corrected chi connectivity index (χ3v) is 4.99. The molecule has 1 aliphatic rings. The Bertz CT molecular complexity index is 591. The third kappa shape index (κ3) is 4.39. The van der Waals surface area contributed by atoms with Gasteiger partial charge in [-0.15, -0.1) is 0 Å². The lowest BCUT2D eigenvalue weighted by molar-refractivity contribution is 0.0710. The van der Waals surface area contributed by atoms with Gasteiger partial charge in [-0.3, -0.25) is 0 Å². The van der Waals surface area contributed by atoms with Gasteiger partial charge in [0.05, 0.1) is 11.5 Å². The second kappa shape index (κ2) is 6.72. The largest absolute Gasteiger partial charge is 0.484 e. The van der Waals surface area contributed by atoms with Gasteiger partial charge in [0.25, 0.3) is 0 Å². The first kappa shape index (κ1) is 16.2. The first-order chi connectivity index (χ1) is 9.91. The normalized spacial score (nSPS) is 24.1. The Hall–Kier alpha value is -1.18. The number of hydrogen-bond donors (Lipinski definition) is 2. The number of aliphatic hydroxyl groups excluding tert-OH is 1. The summed E-state index contributed by atoms with van der Waals surface area (Å²) in [4.78, 5) is 0. The van der Waals surface area contributed by atoms with Gasteiger partial charge >= 0.3 is 0 Å². The molecule has 0 aliphatic carbocycles. The Morgan fingerprint density at radius 3 is 2.76 bits per heavy atom. The van der Waals surface area contributed by atoms with Gasteiger partial charge in [0, 0.05) is 6.54 Å². The standard InChI is InChI=1S/C14H20FNO4S/c1-2-5-16-7-10-3-4-13(11(15)6-10)20-14-9-21(18,19)8-12(14)17/h3-4,6,12,14,16-17H,2,5,7-9H2,1H3. The molecule has 1 fully saturated rings. The maximum Gasteiger partial charge on any atom is 0.165 e. The second-order valence-electron chi connectivity index (χ2n) is 5.24. The number of rotatable bonds is 6. The van der Waals surface area contributed by atoms with Gasteiger partial charge in [-0.1, -0.05) is 13.0 Å². The molecule has 21 heavy (non-hydrogen) atoms. The van der Waals surface area contributed by atoms with E-state index in [9.17, 15) is 17.9 Å². The van der Waals surface area contributed by atoms with Gasteiger partial charge in [-0.2, -0.15) is 0 Å². The number of hydrogen-bond acceptors (Lipinski definition) is 5. The maximum atomic E-state index is 13.9. The Kier molecular flexibility index (Phi) is 5.18. The predicted octanol–water partition coefficient (Wildman–Crippen LogP) is 0.862. The van der Waals surface area contributed by atoms with Gasteiger partial charge in [-0.25, -0.2) is 12.8 Å². The zero-order valence-corrected chi connectivity index (χ0v) is 12.7. The molecule has 1 heterocycles. The molecule has 2 N–H and O–H groups in total. The van der Waals surface area contributed by atoms with E-state index in [1.165, 1.54) is 12.1 Å². The summed E-state index contributed by atoms with van der Waals surface area (Å²) in [7, 11) is -3.31. The van der Waals surface area contributed by atoms with Gasteiger partial charge in [0.2, 0.25) is 0 Å². The molecule has 5 nitrogen and oxygen atoms in total. The van der Waals surface area contributed by atoms with Crippen LogP contribution in [-0.4, -0.2) is 43.8 Å². The van der Waals surface area contributed by atoms with Crippen LogP contribution in [0.3, 0.4) is 0 Å². The zero-order valence-electron chi connectivity index (χ0n) is 11.9. The molecule has 118 valence electrons. The number of nitrogens with one attached hydrogen (secondary N) is 1. The van der Waals surface area contributed by atoms with Gasteiger partial charge < -0.3 is 15.2 Å². The monoisotopic (exact) mass is 317 g/mol. The van der Waals surface area contributed by atoms with Crippen LogP contribution in [0.25, 0.3) is 0 Å². The van der Waals surface area contributed by atoms with E-state index in [0.717, 1.165) is 18.5 Å². The lowest BCUT2D eigenvalue weighted by atomic mass is 10.2. The van der Waals surface area contributed by atoms with Crippen LogP contribution in [0.15, 0.2) is 18.2 Å². The molecule has 1 aliphatic heterocycles. The van der Waals surface area contributed by atoms with Gasteiger partial charge in [0.1, 0.15) is 12.2 Å².